The third kappa shape index (κ3) is 5.91. The lowest BCUT2D eigenvalue weighted by molar-refractivity contribution is -0.115. The first-order chi connectivity index (χ1) is 14.4. The lowest BCUT2D eigenvalue weighted by atomic mass is 9.99. The molecule has 3 rings (SSSR count). The maximum Gasteiger partial charge on any atom is 0.263 e. The third-order valence-electron chi connectivity index (χ3n) is 4.63. The van der Waals surface area contributed by atoms with Gasteiger partial charge in [0.15, 0.2) is 0 Å². The minimum atomic E-state index is -0.254. The molecule has 1 aliphatic rings. The Balaban J connectivity index is 1.65. The van der Waals surface area contributed by atoms with Crippen molar-refractivity contribution in [2.24, 2.45) is 0 Å². The molecule has 0 aromatic heterocycles. The molecular formula is C22H21Cl2NO3S2. The fourth-order valence-corrected chi connectivity index (χ4v) is 4.43. The quantitative estimate of drug-likeness (QED) is 0.266. The topological polar surface area (TPSA) is 47.6 Å². The molecule has 1 fully saturated rings. The van der Waals surface area contributed by atoms with Gasteiger partial charge in [0.2, 0.25) is 0 Å². The summed E-state index contributed by atoms with van der Waals surface area (Å²) >= 11 is 18.7. The van der Waals surface area contributed by atoms with E-state index in [1.54, 1.807) is 18.2 Å². The maximum absolute atomic E-state index is 12.0. The number of rotatable bonds is 8. The summed E-state index contributed by atoms with van der Waals surface area (Å²) in [4.78, 5) is 12.4. The van der Waals surface area contributed by atoms with Crippen molar-refractivity contribution in [3.05, 3.63) is 62.5 Å². The zero-order chi connectivity index (χ0) is 21.7. The van der Waals surface area contributed by atoms with Crippen molar-refractivity contribution >= 4 is 63.5 Å². The summed E-state index contributed by atoms with van der Waals surface area (Å²) in [5.41, 5.74) is 1.90. The molecule has 0 unspecified atom stereocenters. The Morgan fingerprint density at radius 2 is 1.87 bits per heavy atom. The van der Waals surface area contributed by atoms with Crippen LogP contribution in [0.4, 0.5) is 0 Å². The smallest absolute Gasteiger partial charge is 0.263 e. The van der Waals surface area contributed by atoms with E-state index in [4.69, 9.17) is 44.9 Å². The molecule has 30 heavy (non-hydrogen) atoms. The zero-order valence-electron chi connectivity index (χ0n) is 16.5. The molecule has 1 heterocycles. The van der Waals surface area contributed by atoms with Crippen LogP contribution in [0.2, 0.25) is 10.0 Å². The van der Waals surface area contributed by atoms with Crippen LogP contribution in [0.1, 0.15) is 37.3 Å². The summed E-state index contributed by atoms with van der Waals surface area (Å²) in [5, 5.41) is 3.39. The lowest BCUT2D eigenvalue weighted by Gasteiger charge is -2.14. The highest BCUT2D eigenvalue weighted by atomic mass is 35.5. The molecule has 0 spiro atoms. The van der Waals surface area contributed by atoms with Gasteiger partial charge in [-0.2, -0.15) is 0 Å². The van der Waals surface area contributed by atoms with E-state index in [2.05, 4.69) is 31.3 Å². The number of carbonyl (C=O) groups is 1. The Bertz CT molecular complexity index is 977. The number of halogens is 2. The largest absolute Gasteiger partial charge is 0.490 e. The van der Waals surface area contributed by atoms with Gasteiger partial charge in [-0.3, -0.25) is 4.79 Å². The second-order valence-corrected chi connectivity index (χ2v) is 9.30. The van der Waals surface area contributed by atoms with Crippen LogP contribution in [-0.2, 0) is 4.79 Å². The molecule has 4 nitrogen and oxygen atoms in total. The Morgan fingerprint density at radius 1 is 1.17 bits per heavy atom. The van der Waals surface area contributed by atoms with Crippen molar-refractivity contribution in [2.45, 2.75) is 26.2 Å². The van der Waals surface area contributed by atoms with Crippen molar-refractivity contribution in [2.75, 3.05) is 13.2 Å². The highest BCUT2D eigenvalue weighted by Gasteiger charge is 2.23. The number of thiocarbonyl (C=S) groups is 1. The fraction of sp³-hybridized carbons (Fsp3) is 0.273. The van der Waals surface area contributed by atoms with Gasteiger partial charge in [0.05, 0.1) is 9.93 Å². The van der Waals surface area contributed by atoms with E-state index in [0.29, 0.717) is 43.1 Å². The van der Waals surface area contributed by atoms with Crippen LogP contribution in [0.15, 0.2) is 41.3 Å². The summed E-state index contributed by atoms with van der Waals surface area (Å²) in [5.74, 6) is 1.49. The van der Waals surface area contributed by atoms with Crippen molar-refractivity contribution in [1.82, 2.24) is 5.32 Å². The van der Waals surface area contributed by atoms with Crippen LogP contribution in [0.5, 0.6) is 11.5 Å². The molecule has 1 saturated heterocycles. The Kier molecular flexibility index (Phi) is 8.06. The predicted molar refractivity (Wildman–Crippen MR) is 129 cm³/mol. The Hall–Kier alpha value is -1.73. The zero-order valence-corrected chi connectivity index (χ0v) is 19.7. The number of hydrogen-bond donors (Lipinski definition) is 1. The fourth-order valence-electron chi connectivity index (χ4n) is 2.83. The second kappa shape index (κ2) is 10.5. The maximum atomic E-state index is 12.0. The standard InChI is InChI=1S/C22H21Cl2NO3S2/c1-3-13(2)14-4-6-17(7-5-14)27-8-9-28-20-15(10-16(23)12-18(20)24)11-19-21(26)25-22(29)30-19/h4-7,10-13H,3,8-9H2,1-2H3,(H,25,26,29)/b19-11-/t13-/m0/s1. The van der Waals surface area contributed by atoms with Crippen molar-refractivity contribution in [3.8, 4) is 11.5 Å². The number of nitrogens with one attached hydrogen (secondary N) is 1. The highest BCUT2D eigenvalue weighted by Crippen LogP contribution is 2.36. The average molecular weight is 482 g/mol. The van der Waals surface area contributed by atoms with E-state index >= 15 is 0 Å². The van der Waals surface area contributed by atoms with Crippen molar-refractivity contribution in [1.29, 1.82) is 0 Å². The van der Waals surface area contributed by atoms with Crippen molar-refractivity contribution in [3.63, 3.8) is 0 Å². The minimum Gasteiger partial charge on any atom is -0.490 e. The summed E-state index contributed by atoms with van der Waals surface area (Å²) in [6, 6.07) is 11.4. The van der Waals surface area contributed by atoms with E-state index in [-0.39, 0.29) is 12.5 Å². The Morgan fingerprint density at radius 3 is 2.50 bits per heavy atom. The van der Waals surface area contributed by atoms with Crippen LogP contribution in [0, 0.1) is 0 Å². The first kappa shape index (κ1) is 22.9. The lowest BCUT2D eigenvalue weighted by Crippen LogP contribution is -2.17. The molecule has 2 aromatic carbocycles. The monoisotopic (exact) mass is 481 g/mol. The number of ether oxygens (including phenoxy) is 2. The average Bonchev–Trinajstić information content (AvgIpc) is 3.03. The second-order valence-electron chi connectivity index (χ2n) is 6.73. The molecule has 2 aromatic rings. The van der Waals surface area contributed by atoms with Crippen LogP contribution in [0.25, 0.3) is 6.08 Å². The molecule has 0 radical (unpaired) electrons. The molecule has 1 N–H and O–H groups in total. The van der Waals surface area contributed by atoms with Crippen molar-refractivity contribution < 1.29 is 14.3 Å². The van der Waals surface area contributed by atoms with Gasteiger partial charge >= 0.3 is 0 Å². The van der Waals surface area contributed by atoms with Gasteiger partial charge in [-0.1, -0.05) is 73.2 Å². The molecular weight excluding hydrogens is 461 g/mol. The normalized spacial score (nSPS) is 15.9. The van der Waals surface area contributed by atoms with E-state index in [1.165, 1.54) is 17.3 Å². The third-order valence-corrected chi connectivity index (χ3v) is 6.29. The van der Waals surface area contributed by atoms with Gasteiger partial charge < -0.3 is 14.8 Å². The minimum absolute atomic E-state index is 0.254. The molecule has 1 amide bonds. The molecule has 0 aliphatic carbocycles. The van der Waals surface area contributed by atoms with Gasteiger partial charge in [0, 0.05) is 10.6 Å². The number of thioether (sulfide) groups is 1. The molecule has 1 atom stereocenters. The number of benzene rings is 2. The highest BCUT2D eigenvalue weighted by molar-refractivity contribution is 8.26. The molecule has 1 aliphatic heterocycles. The van der Waals surface area contributed by atoms with E-state index in [1.807, 2.05) is 12.1 Å². The first-order valence-electron chi connectivity index (χ1n) is 9.46. The summed E-state index contributed by atoms with van der Waals surface area (Å²) in [6.45, 7) is 5.00. The van der Waals surface area contributed by atoms with Gasteiger partial charge in [0.25, 0.3) is 5.91 Å². The Labute approximate surface area is 195 Å². The first-order valence-corrected chi connectivity index (χ1v) is 11.4. The summed E-state index contributed by atoms with van der Waals surface area (Å²) in [7, 11) is 0. The van der Waals surface area contributed by atoms with E-state index in [0.717, 1.165) is 12.2 Å². The molecule has 0 saturated carbocycles. The summed E-state index contributed by atoms with van der Waals surface area (Å²) in [6.07, 6.45) is 2.77. The summed E-state index contributed by atoms with van der Waals surface area (Å²) < 4.78 is 12.0. The number of hydrogen-bond acceptors (Lipinski definition) is 5. The molecule has 158 valence electrons. The van der Waals surface area contributed by atoms with Gasteiger partial charge in [0.1, 0.15) is 29.0 Å². The van der Waals surface area contributed by atoms with Gasteiger partial charge in [-0.25, -0.2) is 0 Å². The van der Waals surface area contributed by atoms with E-state index < -0.39 is 0 Å². The van der Waals surface area contributed by atoms with Crippen LogP contribution >= 0.6 is 47.2 Å². The van der Waals surface area contributed by atoms with Gasteiger partial charge in [-0.05, 0) is 48.2 Å². The molecule has 8 heteroatoms. The van der Waals surface area contributed by atoms with Crippen LogP contribution in [0.3, 0.4) is 0 Å². The number of amides is 1. The van der Waals surface area contributed by atoms with Crippen LogP contribution < -0.4 is 14.8 Å². The van der Waals surface area contributed by atoms with Gasteiger partial charge in [-0.15, -0.1) is 0 Å². The SMILES string of the molecule is CC[C@H](C)c1ccc(OCCOc2c(Cl)cc(Cl)cc2/C=C2\SC(=S)NC2=O)cc1. The number of carbonyl (C=O) groups excluding carboxylic acids is 1. The van der Waals surface area contributed by atoms with Crippen LogP contribution in [-0.4, -0.2) is 23.4 Å². The molecule has 0 bridgehead atoms. The van der Waals surface area contributed by atoms with E-state index in [9.17, 15) is 4.79 Å². The predicted octanol–water partition coefficient (Wildman–Crippen LogP) is 6.45.